The number of nitrogens with one attached hydrogen (secondary N) is 1. The van der Waals surface area contributed by atoms with E-state index >= 15 is 0 Å². The highest BCUT2D eigenvalue weighted by molar-refractivity contribution is 6.30. The van der Waals surface area contributed by atoms with Crippen LogP contribution in [-0.2, 0) is 6.61 Å². The lowest BCUT2D eigenvalue weighted by Gasteiger charge is -2.22. The summed E-state index contributed by atoms with van der Waals surface area (Å²) in [4.78, 5) is 12.5. The number of rotatable bonds is 8. The minimum atomic E-state index is -0.482. The number of halogens is 1. The number of nitrogens with zero attached hydrogens (tertiary/aromatic N) is 2. The van der Waals surface area contributed by atoms with E-state index in [1.165, 1.54) is 17.6 Å². The SMILES string of the molecule is Cc1ccc(C)n1-c1ccc(OCc2ccc(C(=O)N/N=C/c3cc(Cl)ccc3OC(C)(C)C)o2)cc1. The monoisotopic (exact) mass is 519 g/mol. The fourth-order valence-electron chi connectivity index (χ4n) is 3.76. The Bertz CT molecular complexity index is 1390. The topological polar surface area (TPSA) is 78.0 Å². The van der Waals surface area contributed by atoms with Gasteiger partial charge in [-0.3, -0.25) is 4.79 Å². The Morgan fingerprint density at radius 3 is 2.41 bits per heavy atom. The molecule has 0 fully saturated rings. The number of ether oxygens (including phenoxy) is 2. The molecule has 0 radical (unpaired) electrons. The second kappa shape index (κ2) is 11.0. The molecule has 192 valence electrons. The molecule has 1 amide bonds. The summed E-state index contributed by atoms with van der Waals surface area (Å²) in [5.74, 6) is 1.48. The zero-order valence-corrected chi connectivity index (χ0v) is 22.3. The zero-order valence-electron chi connectivity index (χ0n) is 21.5. The van der Waals surface area contributed by atoms with Crippen LogP contribution in [0.4, 0.5) is 0 Å². The van der Waals surface area contributed by atoms with Crippen molar-refractivity contribution in [3.05, 3.63) is 100 Å². The lowest BCUT2D eigenvalue weighted by atomic mass is 10.1. The Kier molecular flexibility index (Phi) is 7.74. The normalized spacial score (nSPS) is 11.6. The fraction of sp³-hybridized carbons (Fsp3) is 0.241. The summed E-state index contributed by atoms with van der Waals surface area (Å²) in [5, 5.41) is 4.57. The molecule has 0 aliphatic heterocycles. The number of benzene rings is 2. The first-order valence-electron chi connectivity index (χ1n) is 11.9. The Labute approximate surface area is 221 Å². The molecule has 0 aliphatic carbocycles. The molecule has 37 heavy (non-hydrogen) atoms. The number of furan rings is 1. The second-order valence-electron chi connectivity index (χ2n) is 9.60. The first kappa shape index (κ1) is 26.1. The standard InChI is InChI=1S/C29H30ClN3O4/c1-19-6-7-20(2)33(19)23-9-11-24(12-10-23)35-18-25-13-15-27(36-25)28(34)32-31-17-21-16-22(30)8-14-26(21)37-29(3,4)5/h6-17H,18H2,1-5H3,(H,32,34)/b31-17+. The van der Waals surface area contributed by atoms with Gasteiger partial charge in [-0.25, -0.2) is 5.43 Å². The summed E-state index contributed by atoms with van der Waals surface area (Å²) in [6, 6.07) is 20.5. The van der Waals surface area contributed by atoms with E-state index in [2.05, 4.69) is 41.1 Å². The van der Waals surface area contributed by atoms with E-state index < -0.39 is 11.5 Å². The number of hydrazone groups is 1. The van der Waals surface area contributed by atoms with Crippen molar-refractivity contribution >= 4 is 23.7 Å². The third-order valence-electron chi connectivity index (χ3n) is 5.39. The maximum Gasteiger partial charge on any atom is 0.307 e. The van der Waals surface area contributed by atoms with Crippen LogP contribution in [0.1, 0.15) is 54.0 Å². The number of amides is 1. The number of carbonyl (C=O) groups is 1. The highest BCUT2D eigenvalue weighted by Crippen LogP contribution is 2.25. The van der Waals surface area contributed by atoms with Gasteiger partial charge in [0.15, 0.2) is 5.76 Å². The van der Waals surface area contributed by atoms with Crippen LogP contribution >= 0.6 is 11.6 Å². The maximum atomic E-state index is 12.5. The van der Waals surface area contributed by atoms with Gasteiger partial charge in [-0.2, -0.15) is 5.10 Å². The van der Waals surface area contributed by atoms with Crippen molar-refractivity contribution in [1.82, 2.24) is 9.99 Å². The fourth-order valence-corrected chi connectivity index (χ4v) is 3.94. The van der Waals surface area contributed by atoms with E-state index in [9.17, 15) is 4.79 Å². The summed E-state index contributed by atoms with van der Waals surface area (Å²) in [7, 11) is 0. The van der Waals surface area contributed by atoms with E-state index in [0.717, 1.165) is 5.69 Å². The molecule has 8 heteroatoms. The minimum absolute atomic E-state index is 0.127. The van der Waals surface area contributed by atoms with E-state index in [0.29, 0.717) is 27.8 Å². The van der Waals surface area contributed by atoms with Crippen LogP contribution in [-0.4, -0.2) is 22.3 Å². The smallest absolute Gasteiger partial charge is 0.307 e. The minimum Gasteiger partial charge on any atom is -0.487 e. The van der Waals surface area contributed by atoms with Gasteiger partial charge in [0, 0.05) is 27.7 Å². The van der Waals surface area contributed by atoms with Crippen molar-refractivity contribution in [2.24, 2.45) is 5.10 Å². The van der Waals surface area contributed by atoms with Crippen molar-refractivity contribution in [2.75, 3.05) is 0 Å². The predicted octanol–water partition coefficient (Wildman–Crippen LogP) is 6.86. The summed E-state index contributed by atoms with van der Waals surface area (Å²) < 4.78 is 19.6. The summed E-state index contributed by atoms with van der Waals surface area (Å²) in [6.07, 6.45) is 1.48. The summed E-state index contributed by atoms with van der Waals surface area (Å²) in [5.41, 5.74) is 6.13. The molecule has 0 saturated heterocycles. The van der Waals surface area contributed by atoms with Crippen molar-refractivity contribution in [1.29, 1.82) is 0 Å². The second-order valence-corrected chi connectivity index (χ2v) is 10.0. The molecule has 0 atom stereocenters. The van der Waals surface area contributed by atoms with E-state index in [4.69, 9.17) is 25.5 Å². The molecule has 7 nitrogen and oxygen atoms in total. The number of aromatic nitrogens is 1. The van der Waals surface area contributed by atoms with Gasteiger partial charge in [-0.15, -0.1) is 0 Å². The first-order chi connectivity index (χ1) is 17.6. The van der Waals surface area contributed by atoms with Gasteiger partial charge < -0.3 is 18.5 Å². The van der Waals surface area contributed by atoms with Crippen LogP contribution < -0.4 is 14.9 Å². The van der Waals surface area contributed by atoms with Crippen molar-refractivity contribution in [3.63, 3.8) is 0 Å². The molecule has 0 aliphatic rings. The van der Waals surface area contributed by atoms with E-state index in [1.807, 2.05) is 45.0 Å². The Hall–Kier alpha value is -3.97. The van der Waals surface area contributed by atoms with Crippen LogP contribution in [0.3, 0.4) is 0 Å². The van der Waals surface area contributed by atoms with Gasteiger partial charge in [-0.05, 0) is 101 Å². The predicted molar refractivity (Wildman–Crippen MR) is 145 cm³/mol. The lowest BCUT2D eigenvalue weighted by Crippen LogP contribution is -2.23. The highest BCUT2D eigenvalue weighted by Gasteiger charge is 2.15. The van der Waals surface area contributed by atoms with Crippen LogP contribution in [0.15, 0.2) is 76.2 Å². The first-order valence-corrected chi connectivity index (χ1v) is 12.3. The number of carbonyl (C=O) groups excluding carboxylic acids is 1. The van der Waals surface area contributed by atoms with Gasteiger partial charge in [0.2, 0.25) is 0 Å². The molecule has 1 N–H and O–H groups in total. The van der Waals surface area contributed by atoms with Gasteiger partial charge in [0.1, 0.15) is 29.5 Å². The molecule has 0 saturated carbocycles. The highest BCUT2D eigenvalue weighted by atomic mass is 35.5. The van der Waals surface area contributed by atoms with Crippen molar-refractivity contribution in [3.8, 4) is 17.2 Å². The van der Waals surface area contributed by atoms with Crippen LogP contribution in [0.25, 0.3) is 5.69 Å². The Morgan fingerprint density at radius 1 is 1.03 bits per heavy atom. The molecule has 2 aromatic heterocycles. The van der Waals surface area contributed by atoms with E-state index in [-0.39, 0.29) is 12.4 Å². The third kappa shape index (κ3) is 6.83. The molecule has 2 aromatic carbocycles. The van der Waals surface area contributed by atoms with Gasteiger partial charge in [0.05, 0.1) is 6.21 Å². The quantitative estimate of drug-likeness (QED) is 0.204. The summed E-state index contributed by atoms with van der Waals surface area (Å²) in [6.45, 7) is 10.2. The molecular weight excluding hydrogens is 490 g/mol. The molecule has 4 rings (SSSR count). The van der Waals surface area contributed by atoms with Crippen molar-refractivity contribution < 1.29 is 18.7 Å². The molecule has 0 spiro atoms. The van der Waals surface area contributed by atoms with Gasteiger partial charge >= 0.3 is 5.91 Å². The van der Waals surface area contributed by atoms with E-state index in [1.54, 1.807) is 30.3 Å². The summed E-state index contributed by atoms with van der Waals surface area (Å²) >= 11 is 6.11. The van der Waals surface area contributed by atoms with Crippen LogP contribution in [0, 0.1) is 13.8 Å². The lowest BCUT2D eigenvalue weighted by molar-refractivity contribution is 0.0923. The number of hydrogen-bond acceptors (Lipinski definition) is 5. The van der Waals surface area contributed by atoms with Gasteiger partial charge in [-0.1, -0.05) is 11.6 Å². The largest absolute Gasteiger partial charge is 0.487 e. The maximum absolute atomic E-state index is 12.5. The Balaban J connectivity index is 1.33. The third-order valence-corrected chi connectivity index (χ3v) is 5.63. The Morgan fingerprint density at radius 2 is 1.73 bits per heavy atom. The van der Waals surface area contributed by atoms with Crippen LogP contribution in [0.5, 0.6) is 11.5 Å². The van der Waals surface area contributed by atoms with Crippen LogP contribution in [0.2, 0.25) is 5.02 Å². The number of hydrogen-bond donors (Lipinski definition) is 1. The molecule has 0 unspecified atom stereocenters. The molecule has 0 bridgehead atoms. The average molecular weight is 520 g/mol. The zero-order chi connectivity index (χ0) is 26.6. The van der Waals surface area contributed by atoms with Crippen molar-refractivity contribution in [2.45, 2.75) is 46.8 Å². The average Bonchev–Trinajstić information content (AvgIpc) is 3.45. The molecule has 2 heterocycles. The van der Waals surface area contributed by atoms with Gasteiger partial charge in [0.25, 0.3) is 0 Å². The molecular formula is C29H30ClN3O4. The molecule has 4 aromatic rings. The number of aryl methyl sites for hydroxylation is 2.